The van der Waals surface area contributed by atoms with E-state index in [9.17, 15) is 17.6 Å². The highest BCUT2D eigenvalue weighted by atomic mass is 35.5. The molecule has 164 valence electrons. The maximum atomic E-state index is 13.2. The minimum atomic E-state index is -3.93. The van der Waals surface area contributed by atoms with E-state index in [-0.39, 0.29) is 5.69 Å². The van der Waals surface area contributed by atoms with Crippen molar-refractivity contribution < 1.29 is 17.6 Å². The average Bonchev–Trinajstić information content (AvgIpc) is 2.68. The van der Waals surface area contributed by atoms with E-state index in [4.69, 9.17) is 23.2 Å². The molecule has 0 aliphatic carbocycles. The molecule has 0 unspecified atom stereocenters. The van der Waals surface area contributed by atoms with Gasteiger partial charge in [-0.15, -0.1) is 0 Å². The topological polar surface area (TPSA) is 69.7 Å². The maximum absolute atomic E-state index is 13.2. The van der Waals surface area contributed by atoms with Crippen molar-refractivity contribution in [1.82, 2.24) is 9.62 Å². The first-order chi connectivity index (χ1) is 14.1. The normalized spacial score (nSPS) is 11.5. The zero-order chi connectivity index (χ0) is 22.3. The number of nitrogens with one attached hydrogen (secondary N) is 1. The highest BCUT2D eigenvalue weighted by molar-refractivity contribution is 7.98. The predicted molar refractivity (Wildman–Crippen MR) is 122 cm³/mol. The van der Waals surface area contributed by atoms with Gasteiger partial charge in [-0.3, -0.25) is 4.79 Å². The number of carbonyl (C=O) groups is 1. The number of benzene rings is 2. The van der Waals surface area contributed by atoms with Gasteiger partial charge in [0.15, 0.2) is 0 Å². The number of carbonyl (C=O) groups excluding carboxylic acids is 1. The maximum Gasteiger partial charge on any atom is 0.304 e. The molecule has 0 aliphatic heterocycles. The molecule has 2 aromatic rings. The Morgan fingerprint density at radius 1 is 1.10 bits per heavy atom. The number of thioether (sulfide) groups is 1. The fraction of sp³-hybridized carbons (Fsp3) is 0.316. The van der Waals surface area contributed by atoms with E-state index in [1.807, 2.05) is 0 Å². The highest BCUT2D eigenvalue weighted by Gasteiger charge is 2.27. The molecule has 0 saturated carbocycles. The molecule has 0 radical (unpaired) electrons. The van der Waals surface area contributed by atoms with Gasteiger partial charge in [0.25, 0.3) is 0 Å². The number of rotatable bonds is 10. The first-order valence-corrected chi connectivity index (χ1v) is 12.2. The van der Waals surface area contributed by atoms with Crippen molar-refractivity contribution in [3.63, 3.8) is 0 Å². The monoisotopic (exact) mass is 493 g/mol. The summed E-state index contributed by atoms with van der Waals surface area (Å²) in [4.78, 5) is 12.3. The van der Waals surface area contributed by atoms with E-state index >= 15 is 0 Å². The molecule has 1 amide bonds. The Hall–Kier alpha value is -1.52. The van der Waals surface area contributed by atoms with E-state index in [0.29, 0.717) is 28.1 Å². The van der Waals surface area contributed by atoms with Crippen LogP contribution in [0, 0.1) is 5.82 Å². The quantitative estimate of drug-likeness (QED) is 0.511. The van der Waals surface area contributed by atoms with E-state index < -0.39 is 28.5 Å². The van der Waals surface area contributed by atoms with Gasteiger partial charge in [0.05, 0.1) is 5.69 Å². The smallest absolute Gasteiger partial charge is 0.304 e. The molecule has 2 aromatic carbocycles. The van der Waals surface area contributed by atoms with Gasteiger partial charge >= 0.3 is 10.2 Å². The number of halogens is 3. The molecule has 11 heteroatoms. The molecular formula is C19H22Cl2FN3O3S2. The van der Waals surface area contributed by atoms with Crippen molar-refractivity contribution in [1.29, 1.82) is 0 Å². The van der Waals surface area contributed by atoms with Gasteiger partial charge in [-0.05, 0) is 42.0 Å². The van der Waals surface area contributed by atoms with E-state index in [1.165, 1.54) is 38.0 Å². The first-order valence-electron chi connectivity index (χ1n) is 8.86. The average molecular weight is 494 g/mol. The lowest BCUT2D eigenvalue weighted by atomic mass is 10.2. The lowest BCUT2D eigenvalue weighted by molar-refractivity contribution is -0.119. The Labute approximate surface area is 190 Å². The van der Waals surface area contributed by atoms with Gasteiger partial charge in [0.2, 0.25) is 5.91 Å². The zero-order valence-electron chi connectivity index (χ0n) is 16.4. The van der Waals surface area contributed by atoms with Crippen LogP contribution in [0.5, 0.6) is 0 Å². The zero-order valence-corrected chi connectivity index (χ0v) is 19.6. The van der Waals surface area contributed by atoms with Crippen LogP contribution in [0.15, 0.2) is 42.5 Å². The van der Waals surface area contributed by atoms with Crippen molar-refractivity contribution in [3.8, 4) is 0 Å². The summed E-state index contributed by atoms with van der Waals surface area (Å²) < 4.78 is 40.3. The third-order valence-corrected chi connectivity index (χ3v) is 7.53. The molecule has 0 spiro atoms. The molecule has 0 bridgehead atoms. The van der Waals surface area contributed by atoms with Crippen LogP contribution in [0.1, 0.15) is 5.56 Å². The van der Waals surface area contributed by atoms with E-state index in [2.05, 4.69) is 5.32 Å². The summed E-state index contributed by atoms with van der Waals surface area (Å²) in [6.07, 6.45) is 0. The van der Waals surface area contributed by atoms with Gasteiger partial charge in [0.1, 0.15) is 12.4 Å². The lowest BCUT2D eigenvalue weighted by Crippen LogP contribution is -2.46. The van der Waals surface area contributed by atoms with Gasteiger partial charge in [-0.1, -0.05) is 29.3 Å². The fourth-order valence-corrected chi connectivity index (χ4v) is 5.06. The first kappa shape index (κ1) is 24.7. The molecule has 0 heterocycles. The summed E-state index contributed by atoms with van der Waals surface area (Å²) >= 11 is 13.8. The van der Waals surface area contributed by atoms with Crippen molar-refractivity contribution in [2.75, 3.05) is 37.2 Å². The van der Waals surface area contributed by atoms with Crippen LogP contribution in [0.25, 0.3) is 0 Å². The minimum Gasteiger partial charge on any atom is -0.354 e. The summed E-state index contributed by atoms with van der Waals surface area (Å²) in [5.74, 6) is 0.206. The number of hydrogen-bond acceptors (Lipinski definition) is 4. The molecule has 0 aromatic heterocycles. The van der Waals surface area contributed by atoms with Gasteiger partial charge < -0.3 is 5.32 Å². The van der Waals surface area contributed by atoms with Crippen molar-refractivity contribution in [2.45, 2.75) is 5.75 Å². The lowest BCUT2D eigenvalue weighted by Gasteiger charge is -2.26. The Kier molecular flexibility index (Phi) is 9.24. The fourth-order valence-electron chi connectivity index (χ4n) is 2.40. The molecule has 0 fully saturated rings. The third kappa shape index (κ3) is 6.75. The van der Waals surface area contributed by atoms with Crippen LogP contribution in [-0.4, -0.2) is 51.6 Å². The second-order valence-electron chi connectivity index (χ2n) is 6.38. The third-order valence-electron chi connectivity index (χ3n) is 4.02. The van der Waals surface area contributed by atoms with Crippen LogP contribution in [0.2, 0.25) is 10.0 Å². The molecule has 6 nitrogen and oxygen atoms in total. The molecule has 0 saturated heterocycles. The summed E-state index contributed by atoms with van der Waals surface area (Å²) in [7, 11) is -1.21. The Morgan fingerprint density at radius 2 is 1.70 bits per heavy atom. The van der Waals surface area contributed by atoms with Crippen LogP contribution in [0.4, 0.5) is 10.1 Å². The molecule has 0 atom stereocenters. The van der Waals surface area contributed by atoms with E-state index in [1.54, 1.807) is 18.2 Å². The summed E-state index contributed by atoms with van der Waals surface area (Å²) in [5, 5.41) is 3.87. The SMILES string of the molecule is CN(C)S(=O)(=O)N(CC(=O)NCCSCc1c(Cl)cccc1Cl)c1ccc(F)cc1. The Bertz CT molecular complexity index is 953. The van der Waals surface area contributed by atoms with Gasteiger partial charge in [-0.2, -0.15) is 24.5 Å². The molecule has 2 rings (SSSR count). The standard InChI is InChI=1S/C19H22Cl2FN3O3S2/c1-24(2)30(27,28)25(15-8-6-14(22)7-9-15)12-19(26)23-10-11-29-13-16-17(20)4-3-5-18(16)21/h3-9H,10-13H2,1-2H3,(H,23,26). The largest absolute Gasteiger partial charge is 0.354 e. The van der Waals surface area contributed by atoms with Crippen molar-refractivity contribution in [3.05, 3.63) is 63.9 Å². The number of hydrogen-bond donors (Lipinski definition) is 1. The van der Waals surface area contributed by atoms with Crippen LogP contribution < -0.4 is 9.62 Å². The molecule has 0 aliphatic rings. The van der Waals surface area contributed by atoms with Gasteiger partial charge in [-0.25, -0.2) is 8.70 Å². The molecule has 1 N–H and O–H groups in total. The van der Waals surface area contributed by atoms with Gasteiger partial charge in [0, 0.05) is 42.2 Å². The molecule has 30 heavy (non-hydrogen) atoms. The van der Waals surface area contributed by atoms with Crippen LogP contribution in [0.3, 0.4) is 0 Å². The predicted octanol–water partition coefficient (Wildman–Crippen LogP) is 3.79. The summed E-state index contributed by atoms with van der Waals surface area (Å²) in [5.41, 5.74) is 1.03. The second kappa shape index (κ2) is 11.2. The van der Waals surface area contributed by atoms with Crippen LogP contribution >= 0.6 is 35.0 Å². The van der Waals surface area contributed by atoms with E-state index in [0.717, 1.165) is 26.3 Å². The van der Waals surface area contributed by atoms with Crippen molar-refractivity contribution in [2.24, 2.45) is 0 Å². The second-order valence-corrected chi connectivity index (χ2v) is 10.4. The number of anilines is 1. The van der Waals surface area contributed by atoms with Crippen molar-refractivity contribution >= 4 is 56.8 Å². The van der Waals surface area contributed by atoms with Crippen LogP contribution in [-0.2, 0) is 20.8 Å². The minimum absolute atomic E-state index is 0.197. The summed E-state index contributed by atoms with van der Waals surface area (Å²) in [6, 6.07) is 10.2. The Morgan fingerprint density at radius 3 is 2.27 bits per heavy atom. The molecular weight excluding hydrogens is 472 g/mol. The Balaban J connectivity index is 1.92. The number of nitrogens with zero attached hydrogens (tertiary/aromatic N) is 2. The summed E-state index contributed by atoms with van der Waals surface area (Å²) in [6.45, 7) is -0.0853. The number of amides is 1. The highest BCUT2D eigenvalue weighted by Crippen LogP contribution is 2.28.